The Morgan fingerprint density at radius 1 is 1.04 bits per heavy atom. The van der Waals surface area contributed by atoms with Crippen molar-refractivity contribution in [2.24, 2.45) is 0 Å². The van der Waals surface area contributed by atoms with Gasteiger partial charge in [0.15, 0.2) is 11.1 Å². The first kappa shape index (κ1) is 16.9. The number of hydrogen-bond acceptors (Lipinski definition) is 3. The van der Waals surface area contributed by atoms with Crippen LogP contribution in [0.4, 0.5) is 0 Å². The maximum absolute atomic E-state index is 12.3. The van der Waals surface area contributed by atoms with Gasteiger partial charge in [-0.15, -0.1) is 0 Å². The minimum absolute atomic E-state index is 0.201. The molecule has 3 N–H and O–H groups in total. The molecule has 2 rings (SSSR count). The Hall–Kier alpha value is -2.51. The van der Waals surface area contributed by atoms with Crippen molar-refractivity contribution < 1.29 is 18.4 Å². The molecule has 2 aromatic rings. The summed E-state index contributed by atoms with van der Waals surface area (Å²) in [4.78, 5) is 24.5. The predicted molar refractivity (Wildman–Crippen MR) is 86.2 cm³/mol. The molecule has 23 heavy (non-hydrogen) atoms. The summed E-state index contributed by atoms with van der Waals surface area (Å²) in [6.45, 7) is 0. The second-order valence-corrected chi connectivity index (χ2v) is 5.67. The van der Waals surface area contributed by atoms with Gasteiger partial charge in [-0.3, -0.25) is 9.59 Å². The summed E-state index contributed by atoms with van der Waals surface area (Å²) in [7, 11) is 1.50. The molecule has 0 aliphatic carbocycles. The normalized spacial score (nSPS) is 13.0. The summed E-state index contributed by atoms with van der Waals surface area (Å²) in [5.74, 6) is -0.782. The van der Waals surface area contributed by atoms with Crippen molar-refractivity contribution in [3.05, 3.63) is 65.7 Å². The molecule has 0 radical (unpaired) electrons. The van der Waals surface area contributed by atoms with Crippen LogP contribution in [0.25, 0.3) is 0 Å². The fraction of sp³-hybridized carbons (Fsp3) is 0.125. The van der Waals surface area contributed by atoms with Crippen LogP contribution in [-0.4, -0.2) is 27.6 Å². The van der Waals surface area contributed by atoms with Crippen molar-refractivity contribution in [3.8, 4) is 0 Å². The number of benzene rings is 2. The third kappa shape index (κ3) is 4.24. The van der Waals surface area contributed by atoms with Crippen molar-refractivity contribution >= 4 is 22.9 Å². The minimum Gasteiger partial charge on any atom is -0.357 e. The summed E-state index contributed by atoms with van der Waals surface area (Å²) in [6.07, 6.45) is 0. The van der Waals surface area contributed by atoms with Gasteiger partial charge in [-0.2, -0.15) is 0 Å². The lowest BCUT2D eigenvalue weighted by Crippen LogP contribution is -2.39. The molecular formula is C16H16N2O4S. The lowest BCUT2D eigenvalue weighted by atomic mass is 10.1. The number of amides is 2. The molecule has 2 unspecified atom stereocenters. The third-order valence-electron chi connectivity index (χ3n) is 3.24. The molecule has 2 atom stereocenters. The van der Waals surface area contributed by atoms with Crippen LogP contribution in [0.3, 0.4) is 0 Å². The van der Waals surface area contributed by atoms with E-state index in [4.69, 9.17) is 4.55 Å². The molecule has 0 spiro atoms. The van der Waals surface area contributed by atoms with Crippen molar-refractivity contribution in [2.45, 2.75) is 10.9 Å². The summed E-state index contributed by atoms with van der Waals surface area (Å²) in [6, 6.07) is 13.7. The lowest BCUT2D eigenvalue weighted by Gasteiger charge is -2.17. The molecule has 0 aliphatic rings. The third-order valence-corrected chi connectivity index (χ3v) is 3.91. The molecule has 0 fully saturated rings. The van der Waals surface area contributed by atoms with Crippen molar-refractivity contribution in [2.75, 3.05) is 7.05 Å². The lowest BCUT2D eigenvalue weighted by molar-refractivity contribution is -0.122. The molecule has 2 amide bonds. The summed E-state index contributed by atoms with van der Waals surface area (Å²) >= 11 is -2.10. The monoisotopic (exact) mass is 332 g/mol. The van der Waals surface area contributed by atoms with E-state index in [0.29, 0.717) is 11.1 Å². The highest BCUT2D eigenvalue weighted by Gasteiger charge is 2.22. The van der Waals surface area contributed by atoms with E-state index >= 15 is 0 Å². The van der Waals surface area contributed by atoms with Crippen LogP contribution in [-0.2, 0) is 15.9 Å². The number of carbonyl (C=O) groups excluding carboxylic acids is 2. The first-order chi connectivity index (χ1) is 11.0. The van der Waals surface area contributed by atoms with Gasteiger partial charge in [0.25, 0.3) is 5.91 Å². The Kier molecular flexibility index (Phi) is 5.61. The zero-order valence-corrected chi connectivity index (χ0v) is 13.2. The number of carbonyl (C=O) groups is 2. The van der Waals surface area contributed by atoms with E-state index in [9.17, 15) is 13.8 Å². The Bertz CT molecular complexity index is 717. The van der Waals surface area contributed by atoms with Crippen LogP contribution in [0.2, 0.25) is 0 Å². The summed E-state index contributed by atoms with van der Waals surface area (Å²) in [5.41, 5.74) is 0.956. The molecule has 0 aliphatic heterocycles. The van der Waals surface area contributed by atoms with Crippen LogP contribution in [0.5, 0.6) is 0 Å². The molecular weight excluding hydrogens is 316 g/mol. The van der Waals surface area contributed by atoms with Crippen molar-refractivity contribution in [1.29, 1.82) is 0 Å². The highest BCUT2D eigenvalue weighted by atomic mass is 32.2. The summed E-state index contributed by atoms with van der Waals surface area (Å²) < 4.78 is 19.9. The Balaban J connectivity index is 2.20. The molecule has 7 heteroatoms. The second-order valence-electron chi connectivity index (χ2n) is 4.70. The van der Waals surface area contributed by atoms with E-state index in [2.05, 4.69) is 10.6 Å². The van der Waals surface area contributed by atoms with Crippen molar-refractivity contribution in [1.82, 2.24) is 10.6 Å². The predicted octanol–water partition coefficient (Wildman–Crippen LogP) is 1.48. The zero-order valence-electron chi connectivity index (χ0n) is 12.4. The van der Waals surface area contributed by atoms with Gasteiger partial charge in [0.2, 0.25) is 5.91 Å². The average Bonchev–Trinajstić information content (AvgIpc) is 2.59. The topological polar surface area (TPSA) is 95.5 Å². The van der Waals surface area contributed by atoms with Gasteiger partial charge in [0, 0.05) is 12.6 Å². The van der Waals surface area contributed by atoms with Crippen LogP contribution >= 0.6 is 0 Å². The second kappa shape index (κ2) is 7.66. The maximum atomic E-state index is 12.3. The molecule has 0 bridgehead atoms. The number of hydrogen-bond donors (Lipinski definition) is 3. The summed E-state index contributed by atoms with van der Waals surface area (Å²) in [5, 5.41) is 5.18. The quantitative estimate of drug-likeness (QED) is 0.723. The average molecular weight is 332 g/mol. The Morgan fingerprint density at radius 2 is 1.65 bits per heavy atom. The largest absolute Gasteiger partial charge is 0.357 e. The number of likely N-dealkylation sites (N-methyl/N-ethyl adjacent to an activating group) is 1. The molecule has 2 aromatic carbocycles. The van der Waals surface area contributed by atoms with Crippen LogP contribution in [0.1, 0.15) is 22.0 Å². The van der Waals surface area contributed by atoms with Crippen LogP contribution in [0, 0.1) is 0 Å². The molecule has 0 saturated carbocycles. The van der Waals surface area contributed by atoms with Gasteiger partial charge < -0.3 is 15.2 Å². The smallest absolute Gasteiger partial charge is 0.252 e. The fourth-order valence-corrected chi connectivity index (χ4v) is 2.40. The van der Waals surface area contributed by atoms with E-state index in [1.54, 1.807) is 24.3 Å². The highest BCUT2D eigenvalue weighted by Crippen LogP contribution is 2.14. The highest BCUT2D eigenvalue weighted by molar-refractivity contribution is 7.79. The van der Waals surface area contributed by atoms with E-state index in [0.717, 1.165) is 0 Å². The molecule has 0 saturated heterocycles. The molecule has 0 aromatic heterocycles. The van der Waals surface area contributed by atoms with Gasteiger partial charge in [-0.25, -0.2) is 4.21 Å². The van der Waals surface area contributed by atoms with Gasteiger partial charge in [-0.1, -0.05) is 30.3 Å². The van der Waals surface area contributed by atoms with E-state index in [1.165, 1.54) is 31.3 Å². The number of nitrogens with one attached hydrogen (secondary N) is 2. The SMILES string of the molecule is CNC(=O)C(NC(=O)c1ccc(S(=O)O)cc1)c1ccccc1. The maximum Gasteiger partial charge on any atom is 0.252 e. The van der Waals surface area contributed by atoms with E-state index in [1.807, 2.05) is 6.07 Å². The Labute approximate surface area is 136 Å². The molecule has 120 valence electrons. The van der Waals surface area contributed by atoms with Crippen LogP contribution in [0.15, 0.2) is 59.5 Å². The molecule has 0 heterocycles. The standard InChI is InChI=1S/C16H16N2O4S/c1-17-16(20)14(11-5-3-2-4-6-11)18-15(19)12-7-9-13(10-8-12)23(21)22/h2-10,14H,1H3,(H,17,20)(H,18,19)(H,21,22). The van der Waals surface area contributed by atoms with Gasteiger partial charge in [0.1, 0.15) is 6.04 Å². The number of rotatable bonds is 5. The van der Waals surface area contributed by atoms with E-state index < -0.39 is 23.0 Å². The minimum atomic E-state index is -2.10. The van der Waals surface area contributed by atoms with Crippen LogP contribution < -0.4 is 10.6 Å². The van der Waals surface area contributed by atoms with Gasteiger partial charge in [-0.05, 0) is 29.8 Å². The van der Waals surface area contributed by atoms with Gasteiger partial charge in [0.05, 0.1) is 4.90 Å². The Morgan fingerprint density at radius 3 is 2.17 bits per heavy atom. The fourth-order valence-electron chi connectivity index (χ4n) is 2.03. The van der Waals surface area contributed by atoms with Crippen molar-refractivity contribution in [3.63, 3.8) is 0 Å². The first-order valence-corrected chi connectivity index (χ1v) is 7.92. The first-order valence-electron chi connectivity index (χ1n) is 6.81. The van der Waals surface area contributed by atoms with E-state index in [-0.39, 0.29) is 10.8 Å². The molecule has 6 nitrogen and oxygen atoms in total. The van der Waals surface area contributed by atoms with Gasteiger partial charge >= 0.3 is 0 Å². The zero-order chi connectivity index (χ0) is 16.8.